The minimum absolute atomic E-state index is 0.0850. The van der Waals surface area contributed by atoms with Crippen LogP contribution in [0.5, 0.6) is 11.5 Å². The zero-order chi connectivity index (χ0) is 18.1. The van der Waals surface area contributed by atoms with Crippen molar-refractivity contribution in [1.29, 1.82) is 0 Å². The minimum Gasteiger partial charge on any atom is -0.490 e. The van der Waals surface area contributed by atoms with Crippen molar-refractivity contribution < 1.29 is 14.3 Å². The summed E-state index contributed by atoms with van der Waals surface area (Å²) in [6.07, 6.45) is 7.18. The highest BCUT2D eigenvalue weighted by Gasteiger charge is 2.18. The molecule has 1 aromatic carbocycles. The summed E-state index contributed by atoms with van der Waals surface area (Å²) < 4.78 is 11.2. The smallest absolute Gasteiger partial charge is 0.314 e. The molecule has 0 radical (unpaired) electrons. The van der Waals surface area contributed by atoms with Crippen molar-refractivity contribution in [2.24, 2.45) is 5.92 Å². The maximum absolute atomic E-state index is 12.2. The zero-order valence-electron chi connectivity index (χ0n) is 15.1. The van der Waals surface area contributed by atoms with E-state index in [1.165, 1.54) is 0 Å². The van der Waals surface area contributed by atoms with Crippen molar-refractivity contribution in [3.8, 4) is 11.5 Å². The molecule has 0 unspecified atom stereocenters. The zero-order valence-corrected chi connectivity index (χ0v) is 15.1. The van der Waals surface area contributed by atoms with Crippen LogP contribution in [-0.4, -0.2) is 17.6 Å². The summed E-state index contributed by atoms with van der Waals surface area (Å²) in [6, 6.07) is 11.3. The van der Waals surface area contributed by atoms with E-state index in [-0.39, 0.29) is 11.9 Å². The quantitative estimate of drug-likeness (QED) is 0.502. The van der Waals surface area contributed by atoms with Gasteiger partial charge in [0.15, 0.2) is 11.5 Å². The van der Waals surface area contributed by atoms with E-state index in [0.717, 1.165) is 24.1 Å². The molecular formula is C21H25NO3. The Kier molecular flexibility index (Phi) is 7.20. The number of carbonyl (C=O) groups excluding carboxylic acids is 1. The van der Waals surface area contributed by atoms with Crippen molar-refractivity contribution in [1.82, 2.24) is 4.98 Å². The molecule has 1 aromatic heterocycles. The van der Waals surface area contributed by atoms with Gasteiger partial charge in [-0.2, -0.15) is 0 Å². The molecule has 0 bridgehead atoms. The first-order valence-corrected chi connectivity index (χ1v) is 8.75. The van der Waals surface area contributed by atoms with Crippen molar-refractivity contribution in [2.45, 2.75) is 33.6 Å². The molecule has 0 saturated carbocycles. The Morgan fingerprint density at radius 2 is 1.88 bits per heavy atom. The second-order valence-corrected chi connectivity index (χ2v) is 5.66. The van der Waals surface area contributed by atoms with Crippen LogP contribution >= 0.6 is 0 Å². The van der Waals surface area contributed by atoms with Gasteiger partial charge >= 0.3 is 5.97 Å². The van der Waals surface area contributed by atoms with E-state index in [0.29, 0.717) is 18.1 Å². The van der Waals surface area contributed by atoms with E-state index in [1.54, 1.807) is 12.3 Å². The fraction of sp³-hybridized carbons (Fsp3) is 0.333. The Bertz CT molecular complexity index is 706. The highest BCUT2D eigenvalue weighted by Crippen LogP contribution is 2.30. The average Bonchev–Trinajstić information content (AvgIpc) is 2.64. The van der Waals surface area contributed by atoms with Crippen molar-refractivity contribution in [3.63, 3.8) is 0 Å². The predicted molar refractivity (Wildman–Crippen MR) is 100 cm³/mol. The van der Waals surface area contributed by atoms with Crippen LogP contribution in [0.3, 0.4) is 0 Å². The fourth-order valence-corrected chi connectivity index (χ4v) is 2.45. The summed E-state index contributed by atoms with van der Waals surface area (Å²) >= 11 is 0. The van der Waals surface area contributed by atoms with Gasteiger partial charge in [-0.05, 0) is 55.7 Å². The van der Waals surface area contributed by atoms with Crippen molar-refractivity contribution in [2.75, 3.05) is 6.61 Å². The molecule has 0 fully saturated rings. The predicted octanol–water partition coefficient (Wildman–Crippen LogP) is 4.99. The molecule has 0 amide bonds. The van der Waals surface area contributed by atoms with Crippen LogP contribution in [0.15, 0.2) is 42.6 Å². The number of esters is 1. The lowest BCUT2D eigenvalue weighted by atomic mass is 10.0. The highest BCUT2D eigenvalue weighted by atomic mass is 16.6. The lowest BCUT2D eigenvalue weighted by Gasteiger charge is -2.15. The van der Waals surface area contributed by atoms with Gasteiger partial charge in [-0.3, -0.25) is 9.78 Å². The third-order valence-electron chi connectivity index (χ3n) is 3.93. The monoisotopic (exact) mass is 339 g/mol. The molecule has 0 N–H and O–H groups in total. The summed E-state index contributed by atoms with van der Waals surface area (Å²) in [5.41, 5.74) is 1.83. The summed E-state index contributed by atoms with van der Waals surface area (Å²) in [5.74, 6) is 0.750. The summed E-state index contributed by atoms with van der Waals surface area (Å²) in [4.78, 5) is 16.5. The van der Waals surface area contributed by atoms with Crippen LogP contribution in [0.25, 0.3) is 12.2 Å². The largest absolute Gasteiger partial charge is 0.490 e. The second-order valence-electron chi connectivity index (χ2n) is 5.66. The van der Waals surface area contributed by atoms with Gasteiger partial charge in [0.05, 0.1) is 18.2 Å². The Morgan fingerprint density at radius 3 is 2.52 bits per heavy atom. The van der Waals surface area contributed by atoms with Gasteiger partial charge in [0, 0.05) is 6.20 Å². The standard InChI is InChI=1S/C21H25NO3/c1-4-17(5-2)21(23)25-19-13-11-16(15-20(19)24-6-3)10-12-18-9-7-8-14-22-18/h7-15,17H,4-6H2,1-3H3/b12-10+. The molecule has 4 heteroatoms. The molecule has 0 atom stereocenters. The Balaban J connectivity index is 2.19. The number of pyridine rings is 1. The van der Waals surface area contributed by atoms with Gasteiger partial charge in [0.1, 0.15) is 0 Å². The lowest BCUT2D eigenvalue weighted by Crippen LogP contribution is -2.19. The average molecular weight is 339 g/mol. The van der Waals surface area contributed by atoms with Crippen LogP contribution in [0.2, 0.25) is 0 Å². The van der Waals surface area contributed by atoms with Gasteiger partial charge in [-0.25, -0.2) is 0 Å². The molecule has 25 heavy (non-hydrogen) atoms. The lowest BCUT2D eigenvalue weighted by molar-refractivity contribution is -0.139. The molecule has 0 aliphatic carbocycles. The summed E-state index contributed by atoms with van der Waals surface area (Å²) in [7, 11) is 0. The molecule has 0 aliphatic heterocycles. The van der Waals surface area contributed by atoms with E-state index in [2.05, 4.69) is 4.98 Å². The maximum atomic E-state index is 12.2. The van der Waals surface area contributed by atoms with Gasteiger partial charge in [-0.1, -0.05) is 32.1 Å². The van der Waals surface area contributed by atoms with Gasteiger partial charge < -0.3 is 9.47 Å². The van der Waals surface area contributed by atoms with E-state index >= 15 is 0 Å². The number of ether oxygens (including phenoxy) is 2. The Hall–Kier alpha value is -2.62. The second kappa shape index (κ2) is 9.62. The molecule has 2 rings (SSSR count). The van der Waals surface area contributed by atoms with Crippen LogP contribution < -0.4 is 9.47 Å². The Labute approximate surface area is 149 Å². The number of aromatic nitrogens is 1. The molecule has 4 nitrogen and oxygen atoms in total. The number of carbonyl (C=O) groups is 1. The van der Waals surface area contributed by atoms with Crippen molar-refractivity contribution >= 4 is 18.1 Å². The van der Waals surface area contributed by atoms with Gasteiger partial charge in [-0.15, -0.1) is 0 Å². The normalized spacial score (nSPS) is 11.0. The number of rotatable bonds is 8. The number of hydrogen-bond donors (Lipinski definition) is 0. The molecule has 1 heterocycles. The maximum Gasteiger partial charge on any atom is 0.314 e. The number of nitrogens with zero attached hydrogens (tertiary/aromatic N) is 1. The van der Waals surface area contributed by atoms with Crippen LogP contribution in [0.4, 0.5) is 0 Å². The summed E-state index contributed by atoms with van der Waals surface area (Å²) in [6.45, 7) is 6.39. The summed E-state index contributed by atoms with van der Waals surface area (Å²) in [5, 5.41) is 0. The van der Waals surface area contributed by atoms with E-state index in [1.807, 2.05) is 63.3 Å². The van der Waals surface area contributed by atoms with E-state index in [4.69, 9.17) is 9.47 Å². The van der Waals surface area contributed by atoms with Gasteiger partial charge in [0.2, 0.25) is 0 Å². The number of hydrogen-bond acceptors (Lipinski definition) is 4. The van der Waals surface area contributed by atoms with Crippen LogP contribution in [0.1, 0.15) is 44.9 Å². The SMILES string of the molecule is CCOc1cc(/C=C/c2ccccn2)ccc1OC(=O)C(CC)CC. The first kappa shape index (κ1) is 18.7. The van der Waals surface area contributed by atoms with E-state index in [9.17, 15) is 4.79 Å². The molecule has 0 saturated heterocycles. The fourth-order valence-electron chi connectivity index (χ4n) is 2.45. The van der Waals surface area contributed by atoms with Crippen LogP contribution in [-0.2, 0) is 4.79 Å². The van der Waals surface area contributed by atoms with E-state index < -0.39 is 0 Å². The molecule has 0 aliphatic rings. The number of benzene rings is 1. The Morgan fingerprint density at radius 1 is 1.08 bits per heavy atom. The molecule has 2 aromatic rings. The minimum atomic E-state index is -0.206. The first-order chi connectivity index (χ1) is 12.2. The molecular weight excluding hydrogens is 314 g/mol. The molecule has 132 valence electrons. The highest BCUT2D eigenvalue weighted by molar-refractivity contribution is 5.76. The molecule has 0 spiro atoms. The van der Waals surface area contributed by atoms with Gasteiger partial charge in [0.25, 0.3) is 0 Å². The van der Waals surface area contributed by atoms with Crippen LogP contribution in [0, 0.1) is 5.92 Å². The first-order valence-electron chi connectivity index (χ1n) is 8.75. The third kappa shape index (κ3) is 5.45. The topological polar surface area (TPSA) is 48.4 Å². The third-order valence-corrected chi connectivity index (χ3v) is 3.93. The van der Waals surface area contributed by atoms with Crippen molar-refractivity contribution in [3.05, 3.63) is 53.9 Å².